The fourth-order valence-corrected chi connectivity index (χ4v) is 3.22. The molecule has 2 aromatic carbocycles. The minimum absolute atomic E-state index is 0.0925. The van der Waals surface area contributed by atoms with Crippen molar-refractivity contribution in [1.29, 1.82) is 0 Å². The fraction of sp³-hybridized carbons (Fsp3) is 0.273. The van der Waals surface area contributed by atoms with Gasteiger partial charge in [-0.15, -0.1) is 0 Å². The first-order chi connectivity index (χ1) is 13.5. The van der Waals surface area contributed by atoms with Crippen molar-refractivity contribution in [2.75, 3.05) is 6.61 Å². The third-order valence-corrected chi connectivity index (χ3v) is 4.45. The summed E-state index contributed by atoms with van der Waals surface area (Å²) < 4.78 is 5.91. The molecule has 3 rings (SSSR count). The summed E-state index contributed by atoms with van der Waals surface area (Å²) in [5, 5.41) is 31.3. The first kappa shape index (κ1) is 19.8. The van der Waals surface area contributed by atoms with E-state index in [1.165, 1.54) is 0 Å². The molecule has 1 heterocycles. The van der Waals surface area contributed by atoms with Crippen LogP contribution in [0, 0.1) is 6.92 Å². The molecule has 2 atom stereocenters. The Labute approximate surface area is 163 Å². The van der Waals surface area contributed by atoms with Crippen LogP contribution in [0.2, 0.25) is 0 Å². The number of carboxylic acids is 1. The maximum absolute atomic E-state index is 10.5. The summed E-state index contributed by atoms with van der Waals surface area (Å²) in [5.74, 6) is -0.806. The normalized spacial score (nSPS) is 13.2. The molecule has 0 fully saturated rings. The molecule has 28 heavy (non-hydrogen) atoms. The molecule has 0 bridgehead atoms. The maximum Gasteiger partial charge on any atom is 0.149 e. The minimum atomic E-state index is -1.36. The number of hydrogen-bond acceptors (Lipinski definition) is 6. The quantitative estimate of drug-likeness (QED) is 0.618. The molecular formula is C22H22NO5-. The predicted molar refractivity (Wildman–Crippen MR) is 104 cm³/mol. The molecule has 0 saturated carbocycles. The molecule has 0 aliphatic rings. The van der Waals surface area contributed by atoms with Crippen LogP contribution in [0.4, 0.5) is 0 Å². The molecule has 0 spiro atoms. The van der Waals surface area contributed by atoms with Crippen LogP contribution in [0.5, 0.6) is 5.75 Å². The van der Waals surface area contributed by atoms with E-state index >= 15 is 0 Å². The van der Waals surface area contributed by atoms with Gasteiger partial charge >= 0.3 is 0 Å². The average Bonchev–Trinajstić information content (AvgIpc) is 2.65. The highest BCUT2D eigenvalue weighted by Crippen LogP contribution is 2.38. The van der Waals surface area contributed by atoms with Gasteiger partial charge in [-0.1, -0.05) is 48.5 Å². The van der Waals surface area contributed by atoms with Crippen molar-refractivity contribution in [3.8, 4) is 16.9 Å². The Morgan fingerprint density at radius 3 is 2.46 bits per heavy atom. The van der Waals surface area contributed by atoms with Gasteiger partial charge in [-0.25, -0.2) is 4.98 Å². The monoisotopic (exact) mass is 380 g/mol. The number of aliphatic hydroxyl groups excluding tert-OH is 2. The number of para-hydroxylation sites is 1. The van der Waals surface area contributed by atoms with Crippen molar-refractivity contribution in [3.63, 3.8) is 0 Å². The second kappa shape index (κ2) is 8.82. The zero-order valence-corrected chi connectivity index (χ0v) is 15.5. The number of pyridine rings is 1. The Morgan fingerprint density at radius 1 is 1.07 bits per heavy atom. The highest BCUT2D eigenvalue weighted by atomic mass is 16.5. The summed E-state index contributed by atoms with van der Waals surface area (Å²) in [5.41, 5.74) is 3.37. The van der Waals surface area contributed by atoms with Crippen molar-refractivity contribution in [1.82, 2.24) is 4.98 Å². The number of aromatic nitrogens is 1. The first-order valence-electron chi connectivity index (χ1n) is 9.09. The lowest BCUT2D eigenvalue weighted by molar-refractivity contribution is -0.307. The van der Waals surface area contributed by atoms with Gasteiger partial charge in [0.2, 0.25) is 0 Å². The third-order valence-electron chi connectivity index (χ3n) is 4.45. The van der Waals surface area contributed by atoms with E-state index in [1.54, 1.807) is 0 Å². The molecule has 146 valence electrons. The van der Waals surface area contributed by atoms with Gasteiger partial charge in [-0.05, 0) is 18.6 Å². The molecular weight excluding hydrogens is 358 g/mol. The largest absolute Gasteiger partial charge is 0.550 e. The maximum atomic E-state index is 10.5. The molecule has 3 aromatic rings. The van der Waals surface area contributed by atoms with E-state index in [2.05, 4.69) is 4.98 Å². The number of fused-ring (bicyclic) bond motifs is 1. The van der Waals surface area contributed by atoms with E-state index in [0.29, 0.717) is 11.4 Å². The van der Waals surface area contributed by atoms with Crippen LogP contribution in [-0.4, -0.2) is 40.0 Å². The van der Waals surface area contributed by atoms with Gasteiger partial charge in [0.05, 0.1) is 23.4 Å². The standard InChI is InChI=1S/C22H23NO5/c1-14-22(28-13-17(25)11-16(24)12-20(26)27)21(15-7-3-2-4-8-15)18-9-5-6-10-19(18)23-14/h2-10,16-17,24-25H,11-13H2,1H3,(H,26,27)/p-1/t16-,17?/m1/s1. The summed E-state index contributed by atoms with van der Waals surface area (Å²) in [7, 11) is 0. The van der Waals surface area contributed by atoms with Crippen molar-refractivity contribution in [3.05, 3.63) is 60.3 Å². The Bertz CT molecular complexity index is 958. The summed E-state index contributed by atoms with van der Waals surface area (Å²) in [4.78, 5) is 15.1. The molecule has 0 aliphatic carbocycles. The zero-order valence-electron chi connectivity index (χ0n) is 15.5. The van der Waals surface area contributed by atoms with Gasteiger partial charge in [0.25, 0.3) is 0 Å². The number of carbonyl (C=O) groups is 1. The predicted octanol–water partition coefficient (Wildman–Crippen LogP) is 1.84. The van der Waals surface area contributed by atoms with Crippen LogP contribution >= 0.6 is 0 Å². The number of benzene rings is 2. The Hall–Kier alpha value is -2.96. The highest BCUT2D eigenvalue weighted by Gasteiger charge is 2.18. The first-order valence-corrected chi connectivity index (χ1v) is 9.09. The van der Waals surface area contributed by atoms with Gasteiger partial charge < -0.3 is 24.9 Å². The second-order valence-electron chi connectivity index (χ2n) is 6.71. The zero-order chi connectivity index (χ0) is 20.1. The Balaban J connectivity index is 1.90. The smallest absolute Gasteiger partial charge is 0.149 e. The number of rotatable bonds is 8. The van der Waals surface area contributed by atoms with Crippen molar-refractivity contribution in [2.45, 2.75) is 32.0 Å². The van der Waals surface area contributed by atoms with Gasteiger partial charge in [-0.3, -0.25) is 0 Å². The second-order valence-corrected chi connectivity index (χ2v) is 6.71. The van der Waals surface area contributed by atoms with Crippen LogP contribution in [0.25, 0.3) is 22.0 Å². The molecule has 0 radical (unpaired) electrons. The molecule has 6 heteroatoms. The lowest BCUT2D eigenvalue weighted by atomic mass is 9.99. The Kier molecular flexibility index (Phi) is 6.23. The van der Waals surface area contributed by atoms with Crippen LogP contribution in [-0.2, 0) is 4.79 Å². The lowest BCUT2D eigenvalue weighted by Crippen LogP contribution is -2.31. The fourth-order valence-electron chi connectivity index (χ4n) is 3.22. The van der Waals surface area contributed by atoms with Gasteiger partial charge in [0.15, 0.2) is 0 Å². The van der Waals surface area contributed by atoms with E-state index in [0.717, 1.165) is 22.0 Å². The van der Waals surface area contributed by atoms with Gasteiger partial charge in [0, 0.05) is 29.8 Å². The summed E-state index contributed by atoms with van der Waals surface area (Å²) in [6.45, 7) is 1.75. The van der Waals surface area contributed by atoms with E-state index in [4.69, 9.17) is 4.74 Å². The minimum Gasteiger partial charge on any atom is -0.550 e. The van der Waals surface area contributed by atoms with E-state index in [9.17, 15) is 20.1 Å². The number of carbonyl (C=O) groups excluding carboxylic acids is 1. The van der Waals surface area contributed by atoms with Crippen LogP contribution in [0.3, 0.4) is 0 Å². The van der Waals surface area contributed by atoms with Gasteiger partial charge in [-0.2, -0.15) is 0 Å². The van der Waals surface area contributed by atoms with E-state index in [-0.39, 0.29) is 13.0 Å². The number of carboxylic acid groups (broad SMARTS) is 1. The Morgan fingerprint density at radius 2 is 1.75 bits per heavy atom. The molecule has 1 aromatic heterocycles. The van der Waals surface area contributed by atoms with Crippen molar-refractivity contribution >= 4 is 16.9 Å². The third kappa shape index (κ3) is 4.65. The topological polar surface area (TPSA) is 103 Å². The van der Waals surface area contributed by atoms with Crippen molar-refractivity contribution < 1.29 is 24.9 Å². The van der Waals surface area contributed by atoms with Crippen molar-refractivity contribution in [2.24, 2.45) is 0 Å². The van der Waals surface area contributed by atoms with Crippen LogP contribution < -0.4 is 9.84 Å². The van der Waals surface area contributed by atoms with Crippen LogP contribution in [0.15, 0.2) is 54.6 Å². The number of aliphatic carboxylic acids is 1. The number of nitrogens with zero attached hydrogens (tertiary/aromatic N) is 1. The summed E-state index contributed by atoms with van der Waals surface area (Å²) >= 11 is 0. The number of aryl methyl sites for hydroxylation is 1. The van der Waals surface area contributed by atoms with E-state index in [1.807, 2.05) is 61.5 Å². The number of hydrogen-bond donors (Lipinski definition) is 2. The molecule has 0 amide bonds. The number of aliphatic hydroxyl groups is 2. The van der Waals surface area contributed by atoms with E-state index < -0.39 is 24.6 Å². The average molecular weight is 380 g/mol. The highest BCUT2D eigenvalue weighted by molar-refractivity contribution is 5.98. The molecule has 1 unspecified atom stereocenters. The van der Waals surface area contributed by atoms with Gasteiger partial charge in [0.1, 0.15) is 12.4 Å². The number of ether oxygens (including phenoxy) is 1. The molecule has 2 N–H and O–H groups in total. The molecule has 6 nitrogen and oxygen atoms in total. The molecule has 0 aliphatic heterocycles. The molecule has 0 saturated heterocycles. The lowest BCUT2D eigenvalue weighted by Gasteiger charge is -2.20. The SMILES string of the molecule is Cc1nc2ccccc2c(-c2ccccc2)c1OCC(O)C[C@@H](O)CC(=O)[O-]. The van der Waals surface area contributed by atoms with Crippen LogP contribution in [0.1, 0.15) is 18.5 Å². The summed E-state index contributed by atoms with van der Waals surface area (Å²) in [6, 6.07) is 17.5. The summed E-state index contributed by atoms with van der Waals surface area (Å²) in [6.07, 6.45) is -2.85.